The van der Waals surface area contributed by atoms with Crippen LogP contribution in [0.15, 0.2) is 12.4 Å². The van der Waals surface area contributed by atoms with Gasteiger partial charge in [0.25, 0.3) is 0 Å². The average Bonchev–Trinajstić information content (AvgIpc) is 3.36. The van der Waals surface area contributed by atoms with Gasteiger partial charge >= 0.3 is 0 Å². The molecule has 1 N–H and O–H groups in total. The van der Waals surface area contributed by atoms with Crippen LogP contribution in [0.4, 0.5) is 0 Å². The van der Waals surface area contributed by atoms with Crippen molar-refractivity contribution in [1.29, 1.82) is 10.5 Å². The third-order valence-corrected chi connectivity index (χ3v) is 10.5. The highest BCUT2D eigenvalue weighted by molar-refractivity contribution is 5.22. The van der Waals surface area contributed by atoms with Crippen molar-refractivity contribution in [3.63, 3.8) is 0 Å². The molecule has 1 heterocycles. The van der Waals surface area contributed by atoms with Crippen LogP contribution >= 0.6 is 0 Å². The number of rotatable bonds is 3. The first-order valence-electron chi connectivity index (χ1n) is 12.8. The third kappa shape index (κ3) is 3.40. The number of hydrogen-bond donors (Lipinski definition) is 1. The van der Waals surface area contributed by atoms with E-state index in [4.69, 9.17) is 5.26 Å². The van der Waals surface area contributed by atoms with Crippen LogP contribution in [0.2, 0.25) is 0 Å². The van der Waals surface area contributed by atoms with Gasteiger partial charge in [-0.1, -0.05) is 6.92 Å². The second-order valence-electron chi connectivity index (χ2n) is 12.4. The molecule has 9 atom stereocenters. The standard InChI is InChI=1S/C27H38N4O/c1-25(16-29,17-31-15-18(13-28)14-30-31)24-7-6-23-22-5-4-19-12-26(2,32)10-8-20(19)21(22)9-11-27(23,24)3/h14-15,19-24,32H,4-12,17H2,1-3H3/t19-,20+,21-,22-,23+,24-,25?,26-,27+/m1/s1. The van der Waals surface area contributed by atoms with E-state index in [0.29, 0.717) is 23.9 Å². The van der Waals surface area contributed by atoms with Crippen molar-refractivity contribution >= 4 is 0 Å². The SMILES string of the molecule is CC(C#N)(Cn1cc(C#N)cn1)[C@H]1CC[C@H]2[C@@H]3CC[C@@H]4C[C@](C)(O)CC[C@@H]4[C@H]3CC[C@]12C. The second kappa shape index (κ2) is 7.59. The van der Waals surface area contributed by atoms with Crippen molar-refractivity contribution in [1.82, 2.24) is 9.78 Å². The van der Waals surface area contributed by atoms with E-state index in [0.717, 1.165) is 42.9 Å². The summed E-state index contributed by atoms with van der Waals surface area (Å²) in [5, 5.41) is 34.5. The fraction of sp³-hybridized carbons (Fsp3) is 0.815. The molecule has 0 aromatic carbocycles. The molecule has 1 unspecified atom stereocenters. The molecule has 5 rings (SSSR count). The molecule has 4 aliphatic rings. The molecule has 4 aliphatic carbocycles. The van der Waals surface area contributed by atoms with Crippen LogP contribution in [0.25, 0.3) is 0 Å². The first-order chi connectivity index (χ1) is 15.2. The molecule has 32 heavy (non-hydrogen) atoms. The average molecular weight is 435 g/mol. The maximum atomic E-state index is 10.6. The zero-order chi connectivity index (χ0) is 22.7. The van der Waals surface area contributed by atoms with Crippen molar-refractivity contribution in [3.05, 3.63) is 18.0 Å². The van der Waals surface area contributed by atoms with Gasteiger partial charge in [-0.15, -0.1) is 0 Å². The van der Waals surface area contributed by atoms with Gasteiger partial charge < -0.3 is 5.11 Å². The number of aliphatic hydroxyl groups is 1. The summed E-state index contributed by atoms with van der Waals surface area (Å²) in [6, 6.07) is 4.86. The number of nitrogens with zero attached hydrogens (tertiary/aromatic N) is 4. The van der Waals surface area contributed by atoms with Gasteiger partial charge in [-0.25, -0.2) is 0 Å². The Bertz CT molecular complexity index is 954. The number of aromatic nitrogens is 2. The van der Waals surface area contributed by atoms with Gasteiger partial charge in [0.15, 0.2) is 0 Å². The molecule has 1 aromatic heterocycles. The van der Waals surface area contributed by atoms with Crippen molar-refractivity contribution in [2.24, 2.45) is 46.3 Å². The summed E-state index contributed by atoms with van der Waals surface area (Å²) < 4.78 is 1.81. The molecule has 4 fully saturated rings. The Labute approximate surface area is 192 Å². The van der Waals surface area contributed by atoms with Crippen LogP contribution in [-0.4, -0.2) is 20.5 Å². The Morgan fingerprint density at radius 1 is 1.09 bits per heavy atom. The minimum absolute atomic E-state index is 0.212. The Kier molecular flexibility index (Phi) is 5.21. The molecule has 0 radical (unpaired) electrons. The van der Waals surface area contributed by atoms with Crippen LogP contribution < -0.4 is 0 Å². The predicted octanol–water partition coefficient (Wildman–Crippen LogP) is 5.30. The van der Waals surface area contributed by atoms with Crippen molar-refractivity contribution in [2.75, 3.05) is 0 Å². The molecule has 5 nitrogen and oxygen atoms in total. The van der Waals surface area contributed by atoms with Gasteiger partial charge in [-0.2, -0.15) is 15.6 Å². The fourth-order valence-electron chi connectivity index (χ4n) is 9.20. The second-order valence-corrected chi connectivity index (χ2v) is 12.4. The zero-order valence-corrected chi connectivity index (χ0v) is 19.9. The van der Waals surface area contributed by atoms with Gasteiger partial charge in [0.1, 0.15) is 6.07 Å². The van der Waals surface area contributed by atoms with E-state index in [9.17, 15) is 10.4 Å². The molecule has 5 heteroatoms. The summed E-state index contributed by atoms with van der Waals surface area (Å²) in [6.07, 6.45) is 14.0. The monoisotopic (exact) mass is 434 g/mol. The van der Waals surface area contributed by atoms with Gasteiger partial charge in [0.05, 0.1) is 35.4 Å². The molecule has 1 aromatic rings. The molecule has 0 aliphatic heterocycles. The summed E-state index contributed by atoms with van der Waals surface area (Å²) in [5.41, 5.74) is -0.161. The van der Waals surface area contributed by atoms with Crippen LogP contribution in [0, 0.1) is 69.0 Å². The highest BCUT2D eigenvalue weighted by atomic mass is 16.3. The largest absolute Gasteiger partial charge is 0.390 e. The summed E-state index contributed by atoms with van der Waals surface area (Å²) in [5.74, 6) is 4.20. The number of nitriles is 2. The number of fused-ring (bicyclic) bond motifs is 5. The maximum Gasteiger partial charge on any atom is 0.102 e. The van der Waals surface area contributed by atoms with E-state index >= 15 is 0 Å². The molecule has 0 amide bonds. The zero-order valence-electron chi connectivity index (χ0n) is 19.9. The van der Waals surface area contributed by atoms with E-state index in [1.54, 1.807) is 12.4 Å². The normalized spacial score (nSPS) is 44.9. The topological polar surface area (TPSA) is 85.6 Å². The molecule has 0 spiro atoms. The van der Waals surface area contributed by atoms with Crippen molar-refractivity contribution in [2.45, 2.75) is 90.7 Å². The van der Waals surface area contributed by atoms with Gasteiger partial charge in [-0.3, -0.25) is 4.68 Å². The Morgan fingerprint density at radius 2 is 1.88 bits per heavy atom. The lowest BCUT2D eigenvalue weighted by atomic mass is 9.47. The molecular weight excluding hydrogens is 396 g/mol. The summed E-state index contributed by atoms with van der Waals surface area (Å²) >= 11 is 0. The summed E-state index contributed by atoms with van der Waals surface area (Å²) in [6.45, 7) is 7.22. The quantitative estimate of drug-likeness (QED) is 0.699. The van der Waals surface area contributed by atoms with Crippen molar-refractivity contribution < 1.29 is 5.11 Å². The Hall–Kier alpha value is -1.85. The predicted molar refractivity (Wildman–Crippen MR) is 122 cm³/mol. The van der Waals surface area contributed by atoms with Gasteiger partial charge in [-0.05, 0) is 113 Å². The smallest absolute Gasteiger partial charge is 0.102 e. The summed E-state index contributed by atoms with van der Waals surface area (Å²) in [4.78, 5) is 0. The summed E-state index contributed by atoms with van der Waals surface area (Å²) in [7, 11) is 0. The molecular formula is C27H38N4O. The Balaban J connectivity index is 1.36. The van der Waals surface area contributed by atoms with E-state index in [2.05, 4.69) is 31.1 Å². The van der Waals surface area contributed by atoms with E-state index in [1.165, 1.54) is 38.5 Å². The van der Waals surface area contributed by atoms with Gasteiger partial charge in [0, 0.05) is 6.20 Å². The first-order valence-corrected chi connectivity index (χ1v) is 12.8. The lowest BCUT2D eigenvalue weighted by molar-refractivity contribution is -0.106. The fourth-order valence-corrected chi connectivity index (χ4v) is 9.20. The van der Waals surface area contributed by atoms with E-state index < -0.39 is 11.0 Å². The number of hydrogen-bond acceptors (Lipinski definition) is 4. The van der Waals surface area contributed by atoms with E-state index in [1.807, 2.05) is 11.6 Å². The lowest BCUT2D eigenvalue weighted by Crippen LogP contribution is -2.52. The third-order valence-electron chi connectivity index (χ3n) is 10.5. The van der Waals surface area contributed by atoms with Crippen molar-refractivity contribution in [3.8, 4) is 12.1 Å². The lowest BCUT2D eigenvalue weighted by Gasteiger charge is -2.57. The molecule has 4 saturated carbocycles. The maximum absolute atomic E-state index is 10.6. The minimum Gasteiger partial charge on any atom is -0.390 e. The molecule has 0 bridgehead atoms. The highest BCUT2D eigenvalue weighted by Crippen LogP contribution is 2.67. The van der Waals surface area contributed by atoms with Crippen LogP contribution in [0.1, 0.15) is 84.1 Å². The minimum atomic E-state index is -0.476. The first kappa shape index (κ1) is 22.0. The molecule has 172 valence electrons. The van der Waals surface area contributed by atoms with Crippen LogP contribution in [0.5, 0.6) is 0 Å². The van der Waals surface area contributed by atoms with Crippen LogP contribution in [0.3, 0.4) is 0 Å². The van der Waals surface area contributed by atoms with Crippen LogP contribution in [-0.2, 0) is 6.54 Å². The molecule has 0 saturated heterocycles. The van der Waals surface area contributed by atoms with E-state index in [-0.39, 0.29) is 5.41 Å². The highest BCUT2D eigenvalue weighted by Gasteiger charge is 2.60. The van der Waals surface area contributed by atoms with Gasteiger partial charge in [0.2, 0.25) is 0 Å². The Morgan fingerprint density at radius 3 is 2.59 bits per heavy atom.